The van der Waals surface area contributed by atoms with E-state index in [2.05, 4.69) is 4.36 Å². The maximum absolute atomic E-state index is 13.1. The van der Waals surface area contributed by atoms with E-state index in [1.165, 1.54) is 6.07 Å². The van der Waals surface area contributed by atoms with E-state index in [0.29, 0.717) is 16.5 Å². The average Bonchev–Trinajstić information content (AvgIpc) is 3.02. The number of anilines is 1. The van der Waals surface area contributed by atoms with E-state index in [0.717, 1.165) is 29.8 Å². The summed E-state index contributed by atoms with van der Waals surface area (Å²) in [7, 11) is -2.33. The smallest absolute Gasteiger partial charge is 0.370 e. The SMILES string of the molecule is Cc1cn(-c2cccc(N3CC(C(=O)N=S(C)C(F)(F)F)C3)c2)c2ccc(C(F)(F)F)cc12. The lowest BCUT2D eigenvalue weighted by molar-refractivity contribution is -0.137. The highest BCUT2D eigenvalue weighted by atomic mass is 32.2. The van der Waals surface area contributed by atoms with E-state index in [9.17, 15) is 31.1 Å². The van der Waals surface area contributed by atoms with E-state index in [1.54, 1.807) is 23.8 Å². The fraction of sp³-hybridized carbons (Fsp3) is 0.318. The molecule has 2 heterocycles. The Morgan fingerprint density at radius 3 is 2.33 bits per heavy atom. The predicted octanol–water partition coefficient (Wildman–Crippen LogP) is 5.87. The summed E-state index contributed by atoms with van der Waals surface area (Å²) in [5.41, 5.74) is -2.45. The lowest BCUT2D eigenvalue weighted by Gasteiger charge is -2.39. The van der Waals surface area contributed by atoms with Crippen molar-refractivity contribution in [2.45, 2.75) is 18.6 Å². The zero-order valence-corrected chi connectivity index (χ0v) is 18.4. The molecule has 1 aromatic heterocycles. The molecule has 4 nitrogen and oxygen atoms in total. The number of hydrogen-bond donors (Lipinski definition) is 0. The van der Waals surface area contributed by atoms with Gasteiger partial charge in [-0.3, -0.25) is 4.79 Å². The van der Waals surface area contributed by atoms with Crippen LogP contribution in [0.3, 0.4) is 0 Å². The van der Waals surface area contributed by atoms with Gasteiger partial charge in [-0.05, 0) is 48.9 Å². The number of aryl methyl sites for hydroxylation is 1. The van der Waals surface area contributed by atoms with Crippen LogP contribution in [-0.4, -0.2) is 35.3 Å². The van der Waals surface area contributed by atoms with Crippen molar-refractivity contribution >= 4 is 33.2 Å². The van der Waals surface area contributed by atoms with Gasteiger partial charge >= 0.3 is 11.7 Å². The molecule has 11 heteroatoms. The first-order chi connectivity index (χ1) is 15.3. The largest absolute Gasteiger partial charge is 0.452 e. The maximum atomic E-state index is 13.1. The van der Waals surface area contributed by atoms with Gasteiger partial charge in [0.05, 0.1) is 17.0 Å². The van der Waals surface area contributed by atoms with Crippen LogP contribution in [-0.2, 0) is 21.7 Å². The number of amides is 1. The van der Waals surface area contributed by atoms with Crippen LogP contribution in [0.5, 0.6) is 0 Å². The molecule has 2 aromatic carbocycles. The normalized spacial score (nSPS) is 16.3. The van der Waals surface area contributed by atoms with Crippen LogP contribution in [0.15, 0.2) is 53.0 Å². The second kappa shape index (κ2) is 8.19. The number of carbonyl (C=O) groups excluding carboxylic acids is 1. The van der Waals surface area contributed by atoms with Gasteiger partial charge in [0.25, 0.3) is 5.91 Å². The van der Waals surface area contributed by atoms with Gasteiger partial charge in [0.15, 0.2) is 0 Å². The molecule has 1 fully saturated rings. The molecule has 0 aliphatic carbocycles. The van der Waals surface area contributed by atoms with E-state index in [-0.39, 0.29) is 13.1 Å². The first-order valence-electron chi connectivity index (χ1n) is 9.87. The van der Waals surface area contributed by atoms with Crippen LogP contribution in [0.4, 0.5) is 32.0 Å². The van der Waals surface area contributed by atoms with Crippen molar-refractivity contribution in [1.82, 2.24) is 4.57 Å². The van der Waals surface area contributed by atoms with Crippen LogP contribution in [0, 0.1) is 12.8 Å². The minimum Gasteiger partial charge on any atom is -0.370 e. The minimum absolute atomic E-state index is 0.251. The maximum Gasteiger partial charge on any atom is 0.452 e. The summed E-state index contributed by atoms with van der Waals surface area (Å²) in [6.07, 6.45) is -1.80. The second-order valence-electron chi connectivity index (χ2n) is 7.89. The molecule has 1 saturated heterocycles. The van der Waals surface area contributed by atoms with Gasteiger partial charge in [0.2, 0.25) is 0 Å². The van der Waals surface area contributed by atoms with Gasteiger partial charge in [-0.1, -0.05) is 6.07 Å². The zero-order chi connectivity index (χ0) is 24.1. The van der Waals surface area contributed by atoms with Crippen LogP contribution in [0.1, 0.15) is 11.1 Å². The number of halogens is 6. The molecule has 4 rings (SSSR count). The van der Waals surface area contributed by atoms with Crippen molar-refractivity contribution < 1.29 is 31.1 Å². The van der Waals surface area contributed by atoms with Crippen molar-refractivity contribution in [1.29, 1.82) is 0 Å². The number of benzene rings is 2. The molecular weight excluding hydrogens is 468 g/mol. The Morgan fingerprint density at radius 1 is 1.03 bits per heavy atom. The standard InChI is InChI=1S/C22H19F6N3OS/c1-13-10-31(19-7-6-15(8-18(13)19)21(23,24)25)17-5-3-4-16(9-17)30-11-14(12-30)20(32)29-33(2)22(26,27)28/h3-10,14H,11-12H2,1-2H3. The van der Waals surface area contributed by atoms with Gasteiger partial charge in [0.1, 0.15) is 0 Å². The van der Waals surface area contributed by atoms with Crippen LogP contribution in [0.25, 0.3) is 16.6 Å². The lowest BCUT2D eigenvalue weighted by Crippen LogP contribution is -2.50. The number of alkyl halides is 6. The van der Waals surface area contributed by atoms with E-state index in [4.69, 9.17) is 0 Å². The molecule has 0 saturated carbocycles. The monoisotopic (exact) mass is 487 g/mol. The van der Waals surface area contributed by atoms with Crippen molar-refractivity contribution in [3.8, 4) is 5.69 Å². The number of carbonyl (C=O) groups is 1. The number of fused-ring (bicyclic) bond motifs is 1. The van der Waals surface area contributed by atoms with Crippen molar-refractivity contribution in [3.63, 3.8) is 0 Å². The Morgan fingerprint density at radius 2 is 1.70 bits per heavy atom. The molecule has 33 heavy (non-hydrogen) atoms. The summed E-state index contributed by atoms with van der Waals surface area (Å²) in [5, 5.41) is 0.492. The molecule has 0 spiro atoms. The van der Waals surface area contributed by atoms with Gasteiger partial charge < -0.3 is 9.47 Å². The minimum atomic E-state index is -4.52. The molecule has 0 bridgehead atoms. The summed E-state index contributed by atoms with van der Waals surface area (Å²) in [4.78, 5) is 13.9. The number of aromatic nitrogens is 1. The molecule has 1 unspecified atom stereocenters. The third kappa shape index (κ3) is 4.64. The number of nitrogens with zero attached hydrogens (tertiary/aromatic N) is 3. The van der Waals surface area contributed by atoms with Crippen molar-refractivity contribution in [3.05, 3.63) is 59.8 Å². The summed E-state index contributed by atoms with van der Waals surface area (Å²) in [6, 6.07) is 10.8. The molecule has 1 aliphatic rings. The van der Waals surface area contributed by atoms with Crippen LogP contribution >= 0.6 is 0 Å². The molecule has 1 atom stereocenters. The topological polar surface area (TPSA) is 37.6 Å². The quantitative estimate of drug-likeness (QED) is 0.434. The molecule has 1 aliphatic heterocycles. The molecule has 176 valence electrons. The van der Waals surface area contributed by atoms with Gasteiger partial charge in [-0.25, -0.2) is 0 Å². The first-order valence-corrected chi connectivity index (χ1v) is 11.5. The molecule has 3 aromatic rings. The third-order valence-electron chi connectivity index (χ3n) is 5.60. The van der Waals surface area contributed by atoms with Gasteiger partial charge in [-0.15, -0.1) is 0 Å². The van der Waals surface area contributed by atoms with Gasteiger partial charge in [-0.2, -0.15) is 30.7 Å². The summed E-state index contributed by atoms with van der Waals surface area (Å²) >= 11 is 0. The van der Waals surface area contributed by atoms with E-state index < -0.39 is 39.8 Å². The summed E-state index contributed by atoms with van der Waals surface area (Å²) in [6.45, 7) is 2.24. The summed E-state index contributed by atoms with van der Waals surface area (Å²) < 4.78 is 82.2. The fourth-order valence-corrected chi connectivity index (χ4v) is 4.25. The Kier molecular flexibility index (Phi) is 5.80. The Hall–Kier alpha value is -2.82. The second-order valence-corrected chi connectivity index (χ2v) is 9.49. The number of rotatable bonds is 3. The molecule has 0 radical (unpaired) electrons. The molecule has 0 N–H and O–H groups in total. The van der Waals surface area contributed by atoms with Crippen molar-refractivity contribution in [2.75, 3.05) is 24.2 Å². The van der Waals surface area contributed by atoms with Crippen molar-refractivity contribution in [2.24, 2.45) is 10.3 Å². The van der Waals surface area contributed by atoms with E-state index >= 15 is 0 Å². The van der Waals surface area contributed by atoms with E-state index in [1.807, 2.05) is 23.1 Å². The third-order valence-corrected chi connectivity index (χ3v) is 6.72. The Balaban J connectivity index is 1.55. The van der Waals surface area contributed by atoms with Crippen LogP contribution < -0.4 is 4.90 Å². The zero-order valence-electron chi connectivity index (χ0n) is 17.5. The van der Waals surface area contributed by atoms with Gasteiger partial charge in [0, 0.05) is 53.0 Å². The predicted molar refractivity (Wildman–Crippen MR) is 115 cm³/mol. The highest BCUT2D eigenvalue weighted by Crippen LogP contribution is 2.35. The number of hydrogen-bond acceptors (Lipinski definition) is 2. The first kappa shape index (κ1) is 23.3. The Labute approximate surface area is 187 Å². The highest BCUT2D eigenvalue weighted by molar-refractivity contribution is 7.87. The lowest BCUT2D eigenvalue weighted by atomic mass is 9.98. The fourth-order valence-electron chi connectivity index (χ4n) is 3.73. The average molecular weight is 487 g/mol. The Bertz CT molecular complexity index is 1260. The highest BCUT2D eigenvalue weighted by Gasteiger charge is 2.36. The molecular formula is C22H19F6N3OS. The molecule has 1 amide bonds. The summed E-state index contributed by atoms with van der Waals surface area (Å²) in [5.74, 6) is -1.35. The van der Waals surface area contributed by atoms with Crippen LogP contribution in [0.2, 0.25) is 0 Å².